The molecule has 0 aromatic rings. The largest absolute Gasteiger partial charge is 0.455 e. The van der Waals surface area contributed by atoms with E-state index in [2.05, 4.69) is 24.5 Å². The number of hydrogen-bond acceptors (Lipinski definition) is 5. The second-order valence-corrected chi connectivity index (χ2v) is 8.19. The number of esters is 1. The van der Waals surface area contributed by atoms with Crippen LogP contribution in [0.25, 0.3) is 0 Å². The van der Waals surface area contributed by atoms with Crippen LogP contribution in [-0.2, 0) is 19.1 Å². The molecule has 8 nitrogen and oxygen atoms in total. The molecule has 150 valence electrons. The van der Waals surface area contributed by atoms with E-state index in [9.17, 15) is 19.2 Å². The molecule has 0 spiro atoms. The lowest BCUT2D eigenvalue weighted by Crippen LogP contribution is -2.45. The normalized spacial score (nSPS) is 30.7. The molecule has 0 radical (unpaired) electrons. The number of nitrogens with one attached hydrogen (secondary N) is 2. The maximum absolute atomic E-state index is 12.4. The minimum Gasteiger partial charge on any atom is -0.455 e. The average molecular weight is 379 g/mol. The molecule has 2 saturated carbocycles. The van der Waals surface area contributed by atoms with Crippen molar-refractivity contribution in [3.63, 3.8) is 0 Å². The summed E-state index contributed by atoms with van der Waals surface area (Å²) in [4.78, 5) is 49.7. The van der Waals surface area contributed by atoms with E-state index in [1.165, 1.54) is 6.42 Å². The van der Waals surface area contributed by atoms with Gasteiger partial charge in [0.2, 0.25) is 5.91 Å². The first-order valence-corrected chi connectivity index (χ1v) is 9.91. The van der Waals surface area contributed by atoms with Gasteiger partial charge in [-0.05, 0) is 31.1 Å². The first-order valence-electron chi connectivity index (χ1n) is 9.91. The van der Waals surface area contributed by atoms with Gasteiger partial charge in [-0.25, -0.2) is 4.79 Å². The van der Waals surface area contributed by atoms with Gasteiger partial charge in [0.05, 0.1) is 5.92 Å². The molecule has 3 rings (SSSR count). The van der Waals surface area contributed by atoms with E-state index in [-0.39, 0.29) is 24.4 Å². The molecule has 0 unspecified atom stereocenters. The third-order valence-corrected chi connectivity index (χ3v) is 6.07. The highest BCUT2D eigenvalue weighted by atomic mass is 16.5. The minimum absolute atomic E-state index is 0.0174. The standard InChI is InChI=1S/C19H29N3O5/c1-11-4-3-5-15(12(11)2)22-9-13(8-17(22)24)18(25)27-10-16(23)21-19(26)20-14-6-7-14/h11-15H,3-10H2,1-2H3,(H2,20,21,23,26)/t11-,12+,13+,15+/m0/s1. The number of rotatable bonds is 5. The zero-order valence-electron chi connectivity index (χ0n) is 16.0. The lowest BCUT2D eigenvalue weighted by atomic mass is 9.77. The molecule has 3 fully saturated rings. The molecule has 4 atom stereocenters. The molecule has 0 aromatic heterocycles. The summed E-state index contributed by atoms with van der Waals surface area (Å²) in [7, 11) is 0. The highest BCUT2D eigenvalue weighted by Crippen LogP contribution is 2.35. The molecule has 1 heterocycles. The number of carbonyl (C=O) groups excluding carboxylic acids is 4. The lowest BCUT2D eigenvalue weighted by Gasteiger charge is -2.39. The number of hydrogen-bond donors (Lipinski definition) is 2. The van der Waals surface area contributed by atoms with E-state index in [4.69, 9.17) is 4.74 Å². The van der Waals surface area contributed by atoms with E-state index < -0.39 is 30.4 Å². The quantitative estimate of drug-likeness (QED) is 0.698. The Morgan fingerprint density at radius 1 is 1.15 bits per heavy atom. The summed E-state index contributed by atoms with van der Waals surface area (Å²) in [6.07, 6.45) is 5.20. The second-order valence-electron chi connectivity index (χ2n) is 8.19. The Morgan fingerprint density at radius 3 is 2.59 bits per heavy atom. The van der Waals surface area contributed by atoms with Crippen molar-refractivity contribution in [1.29, 1.82) is 0 Å². The molecule has 0 bridgehead atoms. The molecule has 0 aromatic carbocycles. The molecule has 3 aliphatic rings. The highest BCUT2D eigenvalue weighted by molar-refractivity contribution is 5.96. The number of ether oxygens (including phenoxy) is 1. The molecule has 4 amide bonds. The summed E-state index contributed by atoms with van der Waals surface area (Å²) in [5, 5.41) is 4.75. The van der Waals surface area contributed by atoms with Crippen LogP contribution in [0.4, 0.5) is 4.79 Å². The van der Waals surface area contributed by atoms with Crippen molar-refractivity contribution in [3.8, 4) is 0 Å². The summed E-state index contributed by atoms with van der Waals surface area (Å²) in [5.74, 6) is -0.815. The van der Waals surface area contributed by atoms with Crippen molar-refractivity contribution in [2.45, 2.75) is 64.5 Å². The van der Waals surface area contributed by atoms with Crippen LogP contribution in [0.5, 0.6) is 0 Å². The van der Waals surface area contributed by atoms with Gasteiger partial charge in [0, 0.05) is 25.0 Å². The minimum atomic E-state index is -0.669. The first kappa shape index (κ1) is 19.6. The molecule has 27 heavy (non-hydrogen) atoms. The van der Waals surface area contributed by atoms with Gasteiger partial charge in [0.1, 0.15) is 0 Å². The predicted molar refractivity (Wildman–Crippen MR) is 96.4 cm³/mol. The SMILES string of the molecule is C[C@H]1[C@H](N2C[C@H](C(=O)OCC(=O)NC(=O)NC3CC3)CC2=O)CCC[C@@H]1C. The number of amides is 4. The fourth-order valence-electron chi connectivity index (χ4n) is 4.07. The third kappa shape index (κ3) is 4.99. The molecule has 2 aliphatic carbocycles. The zero-order valence-corrected chi connectivity index (χ0v) is 16.0. The average Bonchev–Trinajstić information content (AvgIpc) is 3.34. The smallest absolute Gasteiger partial charge is 0.321 e. The Hall–Kier alpha value is -2.12. The first-order chi connectivity index (χ1) is 12.8. The molecular formula is C19H29N3O5. The van der Waals surface area contributed by atoms with Crippen LogP contribution in [0.2, 0.25) is 0 Å². The number of nitrogens with zero attached hydrogens (tertiary/aromatic N) is 1. The van der Waals surface area contributed by atoms with Crippen molar-refractivity contribution in [3.05, 3.63) is 0 Å². The number of carbonyl (C=O) groups is 4. The van der Waals surface area contributed by atoms with E-state index >= 15 is 0 Å². The Labute approximate surface area is 159 Å². The highest BCUT2D eigenvalue weighted by Gasteiger charge is 2.42. The number of likely N-dealkylation sites (tertiary alicyclic amines) is 1. The Kier molecular flexibility index (Phi) is 6.01. The van der Waals surface area contributed by atoms with Crippen molar-refractivity contribution < 1.29 is 23.9 Å². The van der Waals surface area contributed by atoms with Crippen LogP contribution >= 0.6 is 0 Å². The van der Waals surface area contributed by atoms with Crippen LogP contribution in [0, 0.1) is 17.8 Å². The molecule has 2 N–H and O–H groups in total. The third-order valence-electron chi connectivity index (χ3n) is 6.07. The Balaban J connectivity index is 1.44. The van der Waals surface area contributed by atoms with Crippen LogP contribution in [0.3, 0.4) is 0 Å². The number of urea groups is 1. The lowest BCUT2D eigenvalue weighted by molar-refractivity contribution is -0.152. The molecule has 8 heteroatoms. The Bertz CT molecular complexity index is 618. The van der Waals surface area contributed by atoms with Gasteiger partial charge >= 0.3 is 12.0 Å². The summed E-state index contributed by atoms with van der Waals surface area (Å²) in [5.41, 5.74) is 0. The monoisotopic (exact) mass is 379 g/mol. The predicted octanol–water partition coefficient (Wildman–Crippen LogP) is 1.19. The molecular weight excluding hydrogens is 350 g/mol. The van der Waals surface area contributed by atoms with Gasteiger partial charge in [0.15, 0.2) is 6.61 Å². The van der Waals surface area contributed by atoms with Crippen LogP contribution in [0.1, 0.15) is 52.4 Å². The van der Waals surface area contributed by atoms with Gasteiger partial charge in [-0.1, -0.05) is 26.7 Å². The number of imide groups is 1. The summed E-state index contributed by atoms with van der Waals surface area (Å²) >= 11 is 0. The van der Waals surface area contributed by atoms with Crippen molar-refractivity contribution in [1.82, 2.24) is 15.5 Å². The van der Waals surface area contributed by atoms with E-state index in [1.54, 1.807) is 0 Å². The second kappa shape index (κ2) is 8.27. The van der Waals surface area contributed by atoms with Gasteiger partial charge < -0.3 is 15.0 Å². The zero-order chi connectivity index (χ0) is 19.6. The maximum Gasteiger partial charge on any atom is 0.321 e. The van der Waals surface area contributed by atoms with Crippen LogP contribution < -0.4 is 10.6 Å². The maximum atomic E-state index is 12.4. The van der Waals surface area contributed by atoms with E-state index in [0.29, 0.717) is 18.4 Å². The van der Waals surface area contributed by atoms with Crippen LogP contribution in [0.15, 0.2) is 0 Å². The van der Waals surface area contributed by atoms with E-state index in [0.717, 1.165) is 25.7 Å². The summed E-state index contributed by atoms with van der Waals surface area (Å²) < 4.78 is 5.03. The van der Waals surface area contributed by atoms with Gasteiger partial charge in [0.25, 0.3) is 5.91 Å². The van der Waals surface area contributed by atoms with E-state index in [1.807, 2.05) is 4.90 Å². The fourth-order valence-corrected chi connectivity index (χ4v) is 4.07. The Morgan fingerprint density at radius 2 is 1.89 bits per heavy atom. The van der Waals surface area contributed by atoms with Gasteiger partial charge in [-0.3, -0.25) is 19.7 Å². The van der Waals surface area contributed by atoms with Crippen molar-refractivity contribution in [2.75, 3.05) is 13.2 Å². The fraction of sp³-hybridized carbons (Fsp3) is 0.789. The van der Waals surface area contributed by atoms with Crippen molar-refractivity contribution >= 4 is 23.8 Å². The summed E-state index contributed by atoms with van der Waals surface area (Å²) in [6.45, 7) is 4.22. The van der Waals surface area contributed by atoms with Gasteiger partial charge in [-0.2, -0.15) is 0 Å². The molecule has 1 aliphatic heterocycles. The summed E-state index contributed by atoms with van der Waals surface area (Å²) in [6, 6.07) is -0.254. The van der Waals surface area contributed by atoms with Crippen molar-refractivity contribution in [2.24, 2.45) is 17.8 Å². The van der Waals surface area contributed by atoms with Gasteiger partial charge in [-0.15, -0.1) is 0 Å². The molecule has 1 saturated heterocycles. The topological polar surface area (TPSA) is 105 Å². The van der Waals surface area contributed by atoms with Crippen LogP contribution in [-0.4, -0.2) is 54.0 Å².